The number of hydrogen-bond donors (Lipinski definition) is 5. The number of rotatable bonds is 0. The van der Waals surface area contributed by atoms with Gasteiger partial charge in [0.05, 0.1) is 10.2 Å². The minimum atomic E-state index is -4.61. The van der Waals surface area contributed by atoms with E-state index < -0.39 is 9.05 Å². The Morgan fingerprint density at radius 2 is 1.62 bits per heavy atom. The fourth-order valence-electron chi connectivity index (χ4n) is 0.860. The molecular formula is C7H9NO4S2SiZn. The van der Waals surface area contributed by atoms with Crippen LogP contribution in [-0.4, -0.2) is 33.2 Å². The predicted octanol–water partition coefficient (Wildman–Crippen LogP) is -0.0263. The van der Waals surface area contributed by atoms with Crippen LogP contribution in [-0.2, 0) is 19.5 Å². The molecular weight excluding hydrogens is 320 g/mol. The molecule has 16 heavy (non-hydrogen) atoms. The fourth-order valence-corrected chi connectivity index (χ4v) is 1.97. The monoisotopic (exact) mass is 327 g/mol. The van der Waals surface area contributed by atoms with Crippen molar-refractivity contribution in [1.29, 1.82) is 0 Å². The Morgan fingerprint density at radius 1 is 1.12 bits per heavy atom. The zero-order valence-corrected chi connectivity index (χ0v) is 13.8. The van der Waals surface area contributed by atoms with Gasteiger partial charge in [0, 0.05) is 19.5 Å². The van der Waals surface area contributed by atoms with Crippen LogP contribution in [0.15, 0.2) is 28.6 Å². The second-order valence-electron chi connectivity index (χ2n) is 2.56. The first-order chi connectivity index (χ1) is 6.86. The van der Waals surface area contributed by atoms with Crippen LogP contribution in [0.5, 0.6) is 0 Å². The fraction of sp³-hybridized carbons (Fsp3) is 0. The van der Waals surface area contributed by atoms with Crippen LogP contribution in [0.4, 0.5) is 0 Å². The average Bonchev–Trinajstić information content (AvgIpc) is 2.40. The van der Waals surface area contributed by atoms with Crippen molar-refractivity contribution in [3.05, 3.63) is 24.3 Å². The summed E-state index contributed by atoms with van der Waals surface area (Å²) in [6.07, 6.45) is 0. The van der Waals surface area contributed by atoms with Crippen LogP contribution in [0.1, 0.15) is 0 Å². The Bertz CT molecular complexity index is 408. The largest absolute Gasteiger partial charge is 0.668 e. The molecule has 5 nitrogen and oxygen atoms in total. The first-order valence-electron chi connectivity index (χ1n) is 3.80. The number of benzene rings is 1. The number of nitrogens with zero attached hydrogens (tertiary/aromatic N) is 1. The van der Waals surface area contributed by atoms with Crippen molar-refractivity contribution in [2.24, 2.45) is 0 Å². The summed E-state index contributed by atoms with van der Waals surface area (Å²) >= 11 is 5.76. The zero-order chi connectivity index (χ0) is 11.5. The standard InChI is InChI=1S/C7H5NS2.H4O4Si.Zn/c9-7-8-5-3-1-2-4-6(5)10-7;1-5(2,3)4;/h1-4H,(H,8,9);1-4H;. The van der Waals surface area contributed by atoms with E-state index in [9.17, 15) is 0 Å². The summed E-state index contributed by atoms with van der Waals surface area (Å²) in [7, 11) is -4.61. The van der Waals surface area contributed by atoms with Crippen molar-refractivity contribution in [1.82, 2.24) is 4.98 Å². The minimum absolute atomic E-state index is 0. The maximum absolute atomic E-state index is 7.33. The van der Waals surface area contributed by atoms with E-state index in [2.05, 4.69) is 17.6 Å². The Kier molecular flexibility index (Phi) is 6.83. The van der Waals surface area contributed by atoms with Gasteiger partial charge in [0.15, 0.2) is 0 Å². The van der Waals surface area contributed by atoms with Crippen LogP contribution in [0.2, 0.25) is 0 Å². The molecule has 2 rings (SSSR count). The predicted molar refractivity (Wildman–Crippen MR) is 61.5 cm³/mol. The molecule has 4 N–H and O–H groups in total. The summed E-state index contributed by atoms with van der Waals surface area (Å²) in [5.74, 6) is 0. The topological polar surface area (TPSA) is 93.8 Å². The van der Waals surface area contributed by atoms with Crippen molar-refractivity contribution >= 4 is 43.2 Å². The average molecular weight is 329 g/mol. The van der Waals surface area contributed by atoms with E-state index in [0.29, 0.717) is 0 Å². The molecule has 0 fully saturated rings. The SMILES string of the molecule is O[Si](O)(O)O.Sc1nc2ccccc2s1.[Zn]. The van der Waals surface area contributed by atoms with Crippen molar-refractivity contribution < 1.29 is 38.7 Å². The molecule has 0 spiro atoms. The minimum Gasteiger partial charge on any atom is -0.368 e. The van der Waals surface area contributed by atoms with E-state index in [1.54, 1.807) is 11.3 Å². The molecule has 1 aromatic carbocycles. The van der Waals surface area contributed by atoms with Crippen LogP contribution < -0.4 is 0 Å². The van der Waals surface area contributed by atoms with E-state index in [1.807, 2.05) is 24.3 Å². The third-order valence-electron chi connectivity index (χ3n) is 1.28. The molecule has 0 unspecified atom stereocenters. The van der Waals surface area contributed by atoms with E-state index >= 15 is 0 Å². The van der Waals surface area contributed by atoms with Crippen molar-refractivity contribution in [2.45, 2.75) is 4.34 Å². The van der Waals surface area contributed by atoms with Gasteiger partial charge in [0.1, 0.15) is 4.34 Å². The molecule has 0 aliphatic rings. The number of thiazole rings is 1. The smallest absolute Gasteiger partial charge is 0.368 e. The molecule has 84 valence electrons. The van der Waals surface area contributed by atoms with Gasteiger partial charge < -0.3 is 19.2 Å². The van der Waals surface area contributed by atoms with Crippen LogP contribution in [0.3, 0.4) is 0 Å². The van der Waals surface area contributed by atoms with Crippen LogP contribution >= 0.6 is 24.0 Å². The second kappa shape index (κ2) is 6.77. The van der Waals surface area contributed by atoms with Gasteiger partial charge >= 0.3 is 9.05 Å². The maximum atomic E-state index is 7.33. The van der Waals surface area contributed by atoms with Crippen molar-refractivity contribution in [2.75, 3.05) is 0 Å². The Hall–Kier alpha value is 0.140. The summed E-state index contributed by atoms with van der Waals surface area (Å²) < 4.78 is 2.04. The van der Waals surface area contributed by atoms with Gasteiger partial charge in [-0.1, -0.05) is 12.1 Å². The molecule has 1 aromatic heterocycles. The van der Waals surface area contributed by atoms with Crippen molar-refractivity contribution in [3.8, 4) is 0 Å². The van der Waals surface area contributed by atoms with Gasteiger partial charge in [0.25, 0.3) is 0 Å². The normalized spacial score (nSPS) is 10.3. The first-order valence-corrected chi connectivity index (χ1v) is 6.85. The summed E-state index contributed by atoms with van der Waals surface area (Å²) in [6.45, 7) is 0. The van der Waals surface area contributed by atoms with E-state index in [1.165, 1.54) is 4.70 Å². The number of fused-ring (bicyclic) bond motifs is 1. The molecule has 0 saturated carbocycles. The summed E-state index contributed by atoms with van der Waals surface area (Å²) in [5, 5.41) is 0. The Balaban J connectivity index is 0.000000330. The second-order valence-corrected chi connectivity index (χ2v) is 5.52. The Labute approximate surface area is 115 Å². The molecule has 0 atom stereocenters. The first kappa shape index (κ1) is 16.1. The van der Waals surface area contributed by atoms with E-state index in [4.69, 9.17) is 19.2 Å². The third kappa shape index (κ3) is 6.66. The van der Waals surface area contributed by atoms with Gasteiger partial charge in [-0.2, -0.15) is 0 Å². The molecule has 9 heteroatoms. The summed E-state index contributed by atoms with van der Waals surface area (Å²) in [5.41, 5.74) is 1.04. The van der Waals surface area contributed by atoms with Gasteiger partial charge in [-0.15, -0.1) is 24.0 Å². The molecule has 0 aliphatic carbocycles. The number of thiol groups is 1. The van der Waals surface area contributed by atoms with Crippen LogP contribution in [0.25, 0.3) is 10.2 Å². The number of aromatic nitrogens is 1. The third-order valence-corrected chi connectivity index (χ3v) is 2.50. The van der Waals surface area contributed by atoms with E-state index in [-0.39, 0.29) is 19.5 Å². The maximum Gasteiger partial charge on any atom is 0.668 e. The molecule has 1 heterocycles. The molecule has 0 saturated heterocycles. The van der Waals surface area contributed by atoms with E-state index in [0.717, 1.165) is 9.86 Å². The molecule has 2 aromatic rings. The Morgan fingerprint density at radius 3 is 2.12 bits per heavy atom. The van der Waals surface area contributed by atoms with Gasteiger partial charge in [0.2, 0.25) is 0 Å². The summed E-state index contributed by atoms with van der Waals surface area (Å²) in [6, 6.07) is 8.03. The quantitative estimate of drug-likeness (QED) is 0.346. The number of hydrogen-bond acceptors (Lipinski definition) is 7. The molecule has 0 aliphatic heterocycles. The van der Waals surface area contributed by atoms with Crippen molar-refractivity contribution in [3.63, 3.8) is 0 Å². The number of para-hydroxylation sites is 1. The van der Waals surface area contributed by atoms with Crippen LogP contribution in [0, 0.1) is 0 Å². The zero-order valence-electron chi connectivity index (χ0n) is 8.11. The van der Waals surface area contributed by atoms with Gasteiger partial charge in [-0.25, -0.2) is 4.98 Å². The van der Waals surface area contributed by atoms with Gasteiger partial charge in [-0.3, -0.25) is 0 Å². The van der Waals surface area contributed by atoms with Gasteiger partial charge in [-0.05, 0) is 12.1 Å². The molecule has 0 bridgehead atoms. The molecule has 0 radical (unpaired) electrons. The molecule has 0 amide bonds. The summed E-state index contributed by atoms with van der Waals surface area (Å²) in [4.78, 5) is 33.5.